The number of hydrogen-bond donors (Lipinski definition) is 2. The predicted molar refractivity (Wildman–Crippen MR) is 138 cm³/mol. The number of nitrogens with one attached hydrogen (secondary N) is 1. The molecule has 0 aliphatic carbocycles. The summed E-state index contributed by atoms with van der Waals surface area (Å²) in [6.45, 7) is 5.42. The molecule has 0 bridgehead atoms. The van der Waals surface area contributed by atoms with Gasteiger partial charge in [-0.1, -0.05) is 48.9 Å². The molecule has 0 saturated carbocycles. The third-order valence-electron chi connectivity index (χ3n) is 6.09. The van der Waals surface area contributed by atoms with Crippen molar-refractivity contribution in [1.82, 2.24) is 4.72 Å². The Balaban J connectivity index is 1.67. The van der Waals surface area contributed by atoms with Crippen molar-refractivity contribution in [3.8, 4) is 10.4 Å². The summed E-state index contributed by atoms with van der Waals surface area (Å²) in [5, 5.41) is 10.8. The van der Waals surface area contributed by atoms with E-state index >= 15 is 0 Å². The molecule has 1 aromatic heterocycles. The Labute approximate surface area is 213 Å². The maximum Gasteiger partial charge on any atom is 0.325 e. The van der Waals surface area contributed by atoms with Crippen LogP contribution in [-0.2, 0) is 19.6 Å². The van der Waals surface area contributed by atoms with Crippen LogP contribution in [0.2, 0.25) is 5.02 Å². The van der Waals surface area contributed by atoms with Crippen LogP contribution in [0.3, 0.4) is 0 Å². The number of sulfonamides is 1. The molecule has 3 atom stereocenters. The average Bonchev–Trinajstić information content (AvgIpc) is 3.49. The van der Waals surface area contributed by atoms with Gasteiger partial charge < -0.3 is 9.84 Å². The smallest absolute Gasteiger partial charge is 0.325 e. The highest BCUT2D eigenvalue weighted by atomic mass is 35.5. The summed E-state index contributed by atoms with van der Waals surface area (Å²) in [5.41, 5.74) is 0.248. The molecule has 0 amide bonds. The Morgan fingerprint density at radius 3 is 2.51 bits per heavy atom. The third kappa shape index (κ3) is 5.13. The van der Waals surface area contributed by atoms with Gasteiger partial charge in [0.25, 0.3) is 10.0 Å². The van der Waals surface area contributed by atoms with E-state index in [1.807, 2.05) is 13.0 Å². The minimum absolute atomic E-state index is 0.00797. The largest absolute Gasteiger partial charge is 0.480 e. The zero-order chi connectivity index (χ0) is 25.4. The number of hydrogen-bond acceptors (Lipinski definition) is 6. The number of aliphatic imine (C=N–C) groups is 1. The van der Waals surface area contributed by atoms with E-state index in [9.17, 15) is 18.3 Å². The Hall–Kier alpha value is -2.72. The molecule has 1 aliphatic heterocycles. The molecule has 1 aliphatic rings. The maximum atomic E-state index is 13.3. The Bertz CT molecular complexity index is 1380. The Morgan fingerprint density at radius 1 is 1.20 bits per heavy atom. The first-order chi connectivity index (χ1) is 16.5. The van der Waals surface area contributed by atoms with Gasteiger partial charge in [-0.3, -0.25) is 4.79 Å². The van der Waals surface area contributed by atoms with Crippen molar-refractivity contribution in [3.05, 3.63) is 76.8 Å². The summed E-state index contributed by atoms with van der Waals surface area (Å²) in [6.07, 6.45) is 0. The van der Waals surface area contributed by atoms with Crippen molar-refractivity contribution in [2.24, 2.45) is 4.99 Å². The van der Waals surface area contributed by atoms with Gasteiger partial charge >= 0.3 is 5.97 Å². The first-order valence-corrected chi connectivity index (χ1v) is 13.6. The standard InChI is InChI=1S/C25H25ClN2O5S2/c1-15-14-33-23(27-15)20-7-5-4-6-19(20)16(2)25(3,24(29)30)28-35(31,32)22-13-12-21(34-22)17-8-10-18(26)11-9-17/h4-13,15-16,28H,14H2,1-3H3,(H,29,30). The number of nitrogens with zero attached hydrogens (tertiary/aromatic N) is 1. The van der Waals surface area contributed by atoms with Crippen LogP contribution in [-0.4, -0.2) is 43.6 Å². The summed E-state index contributed by atoms with van der Waals surface area (Å²) >= 11 is 7.00. The van der Waals surface area contributed by atoms with Crippen molar-refractivity contribution in [1.29, 1.82) is 0 Å². The molecule has 7 nitrogen and oxygen atoms in total. The first kappa shape index (κ1) is 25.4. The van der Waals surface area contributed by atoms with Gasteiger partial charge in [0.05, 0.1) is 6.04 Å². The second-order valence-electron chi connectivity index (χ2n) is 8.64. The average molecular weight is 533 g/mol. The minimum atomic E-state index is -4.15. The number of ether oxygens (including phenoxy) is 1. The number of carboxylic acid groups (broad SMARTS) is 1. The van der Waals surface area contributed by atoms with Gasteiger partial charge in [-0.2, -0.15) is 4.72 Å². The summed E-state index contributed by atoms with van der Waals surface area (Å²) < 4.78 is 34.9. The molecule has 0 fully saturated rings. The molecule has 2 heterocycles. The minimum Gasteiger partial charge on any atom is -0.480 e. The molecule has 0 radical (unpaired) electrons. The maximum absolute atomic E-state index is 13.3. The molecule has 184 valence electrons. The molecule has 0 saturated heterocycles. The summed E-state index contributed by atoms with van der Waals surface area (Å²) in [6, 6.07) is 17.4. The number of aliphatic carboxylic acids is 1. The fraction of sp³-hybridized carbons (Fsp3) is 0.280. The summed E-state index contributed by atoms with van der Waals surface area (Å²) in [5.74, 6) is -1.61. The van der Waals surface area contributed by atoms with Crippen LogP contribution in [0.4, 0.5) is 0 Å². The Morgan fingerprint density at radius 2 is 1.89 bits per heavy atom. The molecular formula is C25H25ClN2O5S2. The van der Waals surface area contributed by atoms with Crippen LogP contribution in [0.15, 0.2) is 69.9 Å². The van der Waals surface area contributed by atoms with E-state index in [2.05, 4.69) is 9.71 Å². The number of thiophene rings is 1. The van der Waals surface area contributed by atoms with Gasteiger partial charge in [-0.25, -0.2) is 13.4 Å². The topological polar surface area (TPSA) is 105 Å². The van der Waals surface area contributed by atoms with Gasteiger partial charge in [0.2, 0.25) is 5.90 Å². The monoisotopic (exact) mass is 532 g/mol. The highest BCUT2D eigenvalue weighted by Gasteiger charge is 2.45. The second-order valence-corrected chi connectivity index (χ2v) is 12.1. The van der Waals surface area contributed by atoms with Gasteiger partial charge in [0, 0.05) is 21.4 Å². The van der Waals surface area contributed by atoms with E-state index in [0.717, 1.165) is 21.8 Å². The van der Waals surface area contributed by atoms with Crippen molar-refractivity contribution in [2.45, 2.75) is 42.5 Å². The highest BCUT2D eigenvalue weighted by molar-refractivity contribution is 7.91. The molecule has 4 rings (SSSR count). The molecule has 35 heavy (non-hydrogen) atoms. The highest BCUT2D eigenvalue weighted by Crippen LogP contribution is 2.36. The SMILES string of the molecule is CC1COC(c2ccccc2C(C)C(C)(NS(=O)(=O)c2ccc(-c3ccc(Cl)cc3)s2)C(=O)O)=N1. The van der Waals surface area contributed by atoms with Gasteiger partial charge in [-0.05, 0) is 55.3 Å². The second kappa shape index (κ2) is 9.73. The zero-order valence-corrected chi connectivity index (χ0v) is 21.7. The van der Waals surface area contributed by atoms with Gasteiger partial charge in [0.15, 0.2) is 0 Å². The van der Waals surface area contributed by atoms with Crippen LogP contribution < -0.4 is 4.72 Å². The van der Waals surface area contributed by atoms with E-state index in [-0.39, 0.29) is 10.3 Å². The molecule has 10 heteroatoms. The van der Waals surface area contributed by atoms with Crippen molar-refractivity contribution in [2.75, 3.05) is 6.61 Å². The van der Waals surface area contributed by atoms with Crippen molar-refractivity contribution < 1.29 is 23.1 Å². The van der Waals surface area contributed by atoms with E-state index in [1.165, 1.54) is 13.0 Å². The van der Waals surface area contributed by atoms with E-state index < -0.39 is 27.4 Å². The molecule has 2 N–H and O–H groups in total. The van der Waals surface area contributed by atoms with Crippen LogP contribution >= 0.6 is 22.9 Å². The van der Waals surface area contributed by atoms with Crippen molar-refractivity contribution in [3.63, 3.8) is 0 Å². The lowest BCUT2D eigenvalue weighted by Gasteiger charge is -2.33. The normalized spacial score (nSPS) is 18.4. The molecule has 2 aromatic carbocycles. The lowest BCUT2D eigenvalue weighted by Crippen LogP contribution is -2.55. The first-order valence-electron chi connectivity index (χ1n) is 10.9. The van der Waals surface area contributed by atoms with Crippen LogP contribution in [0, 0.1) is 0 Å². The van der Waals surface area contributed by atoms with Crippen LogP contribution in [0.5, 0.6) is 0 Å². The molecular weight excluding hydrogens is 508 g/mol. The summed E-state index contributed by atoms with van der Waals surface area (Å²) in [7, 11) is -4.15. The fourth-order valence-corrected chi connectivity index (χ4v) is 6.75. The fourth-order valence-electron chi connectivity index (χ4n) is 3.88. The molecule has 0 spiro atoms. The van der Waals surface area contributed by atoms with Crippen molar-refractivity contribution >= 4 is 44.8 Å². The van der Waals surface area contributed by atoms with Crippen LogP contribution in [0.25, 0.3) is 10.4 Å². The number of halogens is 1. The van der Waals surface area contributed by atoms with E-state index in [4.69, 9.17) is 16.3 Å². The Kier molecular flexibility index (Phi) is 7.06. The van der Waals surface area contributed by atoms with E-state index in [0.29, 0.717) is 28.7 Å². The van der Waals surface area contributed by atoms with Gasteiger partial charge in [-0.15, -0.1) is 11.3 Å². The number of carbonyl (C=O) groups is 1. The predicted octanol–water partition coefficient (Wildman–Crippen LogP) is 5.16. The van der Waals surface area contributed by atoms with Crippen LogP contribution in [0.1, 0.15) is 37.8 Å². The van der Waals surface area contributed by atoms with E-state index in [1.54, 1.807) is 55.5 Å². The lowest BCUT2D eigenvalue weighted by atomic mass is 9.80. The lowest BCUT2D eigenvalue weighted by molar-refractivity contribution is -0.144. The molecule has 3 aromatic rings. The zero-order valence-electron chi connectivity index (χ0n) is 19.4. The van der Waals surface area contributed by atoms with Gasteiger partial charge in [0.1, 0.15) is 16.4 Å². The number of carboxylic acids is 1. The molecule has 3 unspecified atom stereocenters. The number of rotatable bonds is 8. The summed E-state index contributed by atoms with van der Waals surface area (Å²) in [4.78, 5) is 17.7. The third-order valence-corrected chi connectivity index (χ3v) is 9.54. The quantitative estimate of drug-likeness (QED) is 0.417. The number of benzene rings is 2.